The lowest BCUT2D eigenvalue weighted by atomic mass is 10.0. The zero-order valence-corrected chi connectivity index (χ0v) is 17.2. The van der Waals surface area contributed by atoms with Crippen LogP contribution in [0.5, 0.6) is 0 Å². The Morgan fingerprint density at radius 2 is 1.94 bits per heavy atom. The van der Waals surface area contributed by atoms with Crippen molar-refractivity contribution in [2.24, 2.45) is 11.8 Å². The van der Waals surface area contributed by atoms with Crippen molar-refractivity contribution in [3.8, 4) is 0 Å². The first-order valence-corrected chi connectivity index (χ1v) is 10.3. The Labute approximate surface area is 178 Å². The molecule has 2 aliphatic heterocycles. The summed E-state index contributed by atoms with van der Waals surface area (Å²) in [5.41, 5.74) is 1.79. The van der Waals surface area contributed by atoms with Crippen LogP contribution in [-0.4, -0.2) is 70.3 Å². The Hall–Kier alpha value is -3.27. The number of likely N-dealkylation sites (tertiary alicyclic amines) is 1. The molecular weight excluding hydrogens is 401 g/mol. The third kappa shape index (κ3) is 3.67. The maximum Gasteiger partial charge on any atom is 0.321 e. The van der Waals surface area contributed by atoms with Crippen LogP contribution < -0.4 is 10.2 Å². The summed E-state index contributed by atoms with van der Waals surface area (Å²) < 4.78 is 21.0. The van der Waals surface area contributed by atoms with Crippen LogP contribution in [0.2, 0.25) is 0 Å². The minimum atomic E-state index is -0.431. The van der Waals surface area contributed by atoms with Crippen molar-refractivity contribution in [3.63, 3.8) is 0 Å². The number of carbonyl (C=O) groups is 1. The Balaban J connectivity index is 1.26. The van der Waals surface area contributed by atoms with E-state index in [1.165, 1.54) is 6.07 Å². The van der Waals surface area contributed by atoms with E-state index < -0.39 is 5.82 Å². The molecule has 3 aromatic rings. The van der Waals surface area contributed by atoms with E-state index in [9.17, 15) is 9.18 Å². The van der Waals surface area contributed by atoms with Gasteiger partial charge in [-0.1, -0.05) is 12.1 Å². The Morgan fingerprint density at radius 3 is 2.68 bits per heavy atom. The van der Waals surface area contributed by atoms with Crippen molar-refractivity contribution in [2.45, 2.75) is 6.54 Å². The smallest absolute Gasteiger partial charge is 0.321 e. The Bertz CT molecular complexity index is 1090. The van der Waals surface area contributed by atoms with Gasteiger partial charge in [-0.3, -0.25) is 0 Å². The van der Waals surface area contributed by atoms with Gasteiger partial charge in [0.2, 0.25) is 0 Å². The van der Waals surface area contributed by atoms with Crippen LogP contribution in [0.4, 0.5) is 20.7 Å². The molecule has 31 heavy (non-hydrogen) atoms. The summed E-state index contributed by atoms with van der Waals surface area (Å²) >= 11 is 0. The maximum atomic E-state index is 13.8. The van der Waals surface area contributed by atoms with Crippen molar-refractivity contribution in [2.75, 3.05) is 50.1 Å². The zero-order chi connectivity index (χ0) is 21.4. The highest BCUT2D eigenvalue weighted by molar-refractivity contribution is 5.89. The molecule has 2 amide bonds. The number of urea groups is 1. The van der Waals surface area contributed by atoms with E-state index in [-0.39, 0.29) is 11.7 Å². The highest BCUT2D eigenvalue weighted by Gasteiger charge is 2.42. The molecule has 0 aliphatic carbocycles. The maximum absolute atomic E-state index is 13.8. The number of imidazole rings is 1. The van der Waals surface area contributed by atoms with Gasteiger partial charge in [0, 0.05) is 51.7 Å². The van der Waals surface area contributed by atoms with Gasteiger partial charge >= 0.3 is 6.03 Å². The number of hydrogen-bond acceptors (Lipinski definition) is 6. The zero-order valence-electron chi connectivity index (χ0n) is 17.2. The van der Waals surface area contributed by atoms with E-state index >= 15 is 0 Å². The summed E-state index contributed by atoms with van der Waals surface area (Å²) in [5, 5.41) is 2.68. The summed E-state index contributed by atoms with van der Waals surface area (Å²) in [6.07, 6.45) is 3.35. The number of benzene rings is 1. The number of methoxy groups -OCH3 is 1. The van der Waals surface area contributed by atoms with Crippen molar-refractivity contribution >= 4 is 28.7 Å². The second-order valence-corrected chi connectivity index (χ2v) is 8.04. The van der Waals surface area contributed by atoms with E-state index in [0.717, 1.165) is 30.1 Å². The third-order valence-electron chi connectivity index (χ3n) is 6.11. The van der Waals surface area contributed by atoms with Crippen LogP contribution in [0.25, 0.3) is 11.2 Å². The number of amides is 2. The van der Waals surface area contributed by atoms with E-state index in [0.29, 0.717) is 38.1 Å². The van der Waals surface area contributed by atoms with Gasteiger partial charge < -0.3 is 24.4 Å². The van der Waals surface area contributed by atoms with Crippen LogP contribution in [0.15, 0.2) is 36.9 Å². The monoisotopic (exact) mass is 425 g/mol. The van der Waals surface area contributed by atoms with Gasteiger partial charge in [-0.05, 0) is 12.1 Å². The van der Waals surface area contributed by atoms with Gasteiger partial charge in [0.05, 0.1) is 18.6 Å². The fourth-order valence-corrected chi connectivity index (χ4v) is 4.54. The molecule has 2 aliphatic rings. The van der Waals surface area contributed by atoms with Gasteiger partial charge in [0.25, 0.3) is 0 Å². The molecule has 162 valence electrons. The number of rotatable bonds is 5. The van der Waals surface area contributed by atoms with Crippen molar-refractivity contribution in [1.29, 1.82) is 0 Å². The first kappa shape index (κ1) is 19.7. The standard InChI is InChI=1S/C21H24FN7O2/c1-31-7-6-27-13-25-18-19(27)23-12-24-20(18)28-8-14-10-29(11-15(14)9-28)21(30)26-17-5-3-2-4-16(17)22/h2-5,12-15H,6-11H2,1H3,(H,26,30). The fraction of sp³-hybridized carbons (Fsp3) is 0.429. The predicted octanol–water partition coefficient (Wildman–Crippen LogP) is 2.21. The second kappa shape index (κ2) is 8.10. The van der Waals surface area contributed by atoms with Gasteiger partial charge in [0.15, 0.2) is 17.0 Å². The number of fused-ring (bicyclic) bond motifs is 2. The minimum absolute atomic E-state index is 0.207. The van der Waals surface area contributed by atoms with Gasteiger partial charge in [-0.15, -0.1) is 0 Å². The van der Waals surface area contributed by atoms with Crippen LogP contribution in [0.1, 0.15) is 0 Å². The Kier molecular flexibility index (Phi) is 5.14. The highest BCUT2D eigenvalue weighted by atomic mass is 19.1. The lowest BCUT2D eigenvalue weighted by Gasteiger charge is -2.23. The van der Waals surface area contributed by atoms with Gasteiger partial charge in [-0.25, -0.2) is 24.1 Å². The van der Waals surface area contributed by atoms with Crippen molar-refractivity contribution in [1.82, 2.24) is 24.4 Å². The number of halogens is 1. The summed E-state index contributed by atoms with van der Waals surface area (Å²) in [4.78, 5) is 30.0. The average molecular weight is 425 g/mol. The second-order valence-electron chi connectivity index (χ2n) is 8.04. The number of carbonyl (C=O) groups excluding carboxylic acids is 1. The van der Waals surface area contributed by atoms with E-state index in [4.69, 9.17) is 4.74 Å². The van der Waals surface area contributed by atoms with Crippen LogP contribution >= 0.6 is 0 Å². The van der Waals surface area contributed by atoms with E-state index in [1.54, 1.807) is 42.9 Å². The molecule has 0 bridgehead atoms. The lowest BCUT2D eigenvalue weighted by molar-refractivity contribution is 0.188. The third-order valence-corrected chi connectivity index (χ3v) is 6.11. The molecule has 4 heterocycles. The molecule has 0 radical (unpaired) electrons. The number of nitrogens with one attached hydrogen (secondary N) is 1. The molecule has 2 unspecified atom stereocenters. The molecule has 9 nitrogen and oxygen atoms in total. The van der Waals surface area contributed by atoms with Crippen molar-refractivity contribution < 1.29 is 13.9 Å². The summed E-state index contributed by atoms with van der Waals surface area (Å²) in [5.74, 6) is 1.08. The topological polar surface area (TPSA) is 88.4 Å². The predicted molar refractivity (Wildman–Crippen MR) is 113 cm³/mol. The molecule has 5 rings (SSSR count). The van der Waals surface area contributed by atoms with Crippen molar-refractivity contribution in [3.05, 3.63) is 42.7 Å². The lowest BCUT2D eigenvalue weighted by Crippen LogP contribution is -2.36. The summed E-state index contributed by atoms with van der Waals surface area (Å²) in [6, 6.07) is 5.95. The van der Waals surface area contributed by atoms with Crippen LogP contribution in [-0.2, 0) is 11.3 Å². The minimum Gasteiger partial charge on any atom is -0.383 e. The highest BCUT2D eigenvalue weighted by Crippen LogP contribution is 2.35. The normalized spacial score (nSPS) is 20.5. The molecular formula is C21H24FN7O2. The molecule has 2 saturated heterocycles. The molecule has 2 fully saturated rings. The van der Waals surface area contributed by atoms with E-state index in [2.05, 4.69) is 25.2 Å². The molecule has 0 spiro atoms. The molecule has 1 aromatic carbocycles. The van der Waals surface area contributed by atoms with Gasteiger partial charge in [-0.2, -0.15) is 0 Å². The number of aromatic nitrogens is 4. The molecule has 2 aromatic heterocycles. The molecule has 0 saturated carbocycles. The van der Waals surface area contributed by atoms with Crippen LogP contribution in [0, 0.1) is 17.7 Å². The number of anilines is 2. The molecule has 1 N–H and O–H groups in total. The average Bonchev–Trinajstić information content (AvgIpc) is 3.46. The fourth-order valence-electron chi connectivity index (χ4n) is 4.54. The quantitative estimate of drug-likeness (QED) is 0.674. The van der Waals surface area contributed by atoms with Crippen LogP contribution in [0.3, 0.4) is 0 Å². The van der Waals surface area contributed by atoms with Gasteiger partial charge in [0.1, 0.15) is 12.1 Å². The first-order valence-electron chi connectivity index (χ1n) is 10.3. The number of hydrogen-bond donors (Lipinski definition) is 1. The summed E-state index contributed by atoms with van der Waals surface area (Å²) in [7, 11) is 1.67. The number of nitrogens with zero attached hydrogens (tertiary/aromatic N) is 6. The molecule has 2 atom stereocenters. The SMILES string of the molecule is COCCn1cnc2c(N3CC4CN(C(=O)Nc5ccccc5F)CC4C3)ncnc21. The number of ether oxygens (including phenoxy) is 1. The number of para-hydroxylation sites is 1. The van der Waals surface area contributed by atoms with E-state index in [1.807, 2.05) is 4.57 Å². The Morgan fingerprint density at radius 1 is 1.16 bits per heavy atom. The largest absolute Gasteiger partial charge is 0.383 e. The first-order chi connectivity index (χ1) is 15.1. The molecule has 10 heteroatoms. The summed E-state index contributed by atoms with van der Waals surface area (Å²) in [6.45, 7) is 4.14.